The molecule has 0 aliphatic rings. The molecule has 0 radical (unpaired) electrons. The van der Waals surface area contributed by atoms with Gasteiger partial charge in [-0.3, -0.25) is 4.79 Å². The topological polar surface area (TPSA) is 92.8 Å². The summed E-state index contributed by atoms with van der Waals surface area (Å²) in [6.07, 6.45) is 17.2. The van der Waals surface area contributed by atoms with Crippen molar-refractivity contribution in [1.82, 2.24) is 0 Å². The van der Waals surface area contributed by atoms with E-state index < -0.39 is 7.32 Å². The van der Waals surface area contributed by atoms with Crippen LogP contribution in [0.5, 0.6) is 0 Å². The van der Waals surface area contributed by atoms with E-state index in [1.165, 1.54) is 12.8 Å². The van der Waals surface area contributed by atoms with Gasteiger partial charge in [-0.1, -0.05) is 64.0 Å². The van der Waals surface area contributed by atoms with Gasteiger partial charge in [0, 0.05) is 12.5 Å². The molecule has 0 saturated heterocycles. The average Bonchev–Trinajstić information content (AvgIpc) is 2.52. The molecule has 0 bridgehead atoms. The molecule has 0 rings (SSSR count). The molecule has 0 spiro atoms. The Morgan fingerprint density at radius 2 is 1.71 bits per heavy atom. The Kier molecular flexibility index (Phi) is 16.4. The smallest absolute Gasteiger partial charge is 0.402 e. The number of carbonyl (C=O) groups is 1. The number of amides is 1. The Balaban J connectivity index is 3.67. The number of carbonyl (C=O) groups excluding carboxylic acids is 1. The predicted octanol–water partition coefficient (Wildman–Crippen LogP) is 3.47. The lowest BCUT2D eigenvalue weighted by atomic mass is 10.0. The highest BCUT2D eigenvalue weighted by Gasteiger charge is 2.16. The third kappa shape index (κ3) is 17.5. The highest BCUT2D eigenvalue weighted by molar-refractivity contribution is 6.32. The van der Waals surface area contributed by atoms with Crippen molar-refractivity contribution < 1.29 is 19.5 Å². The third-order valence-corrected chi connectivity index (χ3v) is 4.05. The van der Waals surface area contributed by atoms with Crippen LogP contribution in [0.4, 0.5) is 0 Å². The van der Waals surface area contributed by atoms with Crippen LogP contribution in [0, 0.1) is 0 Å². The van der Waals surface area contributed by atoms with Gasteiger partial charge in [0.15, 0.2) is 0 Å². The summed E-state index contributed by atoms with van der Waals surface area (Å²) in [6, 6.07) is 0. The zero-order valence-corrected chi connectivity index (χ0v) is 15.3. The second-order valence-electron chi connectivity index (χ2n) is 6.41. The van der Waals surface area contributed by atoms with Crippen LogP contribution < -0.4 is 5.73 Å². The third-order valence-electron chi connectivity index (χ3n) is 4.05. The van der Waals surface area contributed by atoms with Crippen molar-refractivity contribution in [2.45, 2.75) is 96.5 Å². The molecule has 0 fully saturated rings. The van der Waals surface area contributed by atoms with Crippen molar-refractivity contribution in [3.63, 3.8) is 0 Å². The average molecular weight is 341 g/mol. The Hall–Kier alpha value is -0.845. The van der Waals surface area contributed by atoms with Crippen LogP contribution in [0.25, 0.3) is 0 Å². The molecule has 4 N–H and O–H groups in total. The number of rotatable bonds is 17. The number of nitrogens with two attached hydrogens (primary N) is 1. The van der Waals surface area contributed by atoms with Gasteiger partial charge in [-0.2, -0.15) is 0 Å². The van der Waals surface area contributed by atoms with Crippen molar-refractivity contribution in [2.24, 2.45) is 5.73 Å². The zero-order valence-electron chi connectivity index (χ0n) is 15.3. The minimum Gasteiger partial charge on any atom is -0.402 e. The van der Waals surface area contributed by atoms with E-state index >= 15 is 0 Å². The van der Waals surface area contributed by atoms with E-state index in [0.717, 1.165) is 64.2 Å². The van der Waals surface area contributed by atoms with Crippen molar-refractivity contribution in [2.75, 3.05) is 0 Å². The van der Waals surface area contributed by atoms with Gasteiger partial charge in [0.25, 0.3) is 0 Å². The minimum atomic E-state index is -1.69. The monoisotopic (exact) mass is 341 g/mol. The SMILES string of the molecule is CCCCCC[C@H](C/C=C\CCCCCCCC(N)=O)OB(O)O. The fourth-order valence-corrected chi connectivity index (χ4v) is 2.67. The molecule has 0 unspecified atom stereocenters. The van der Waals surface area contributed by atoms with E-state index in [9.17, 15) is 4.79 Å². The van der Waals surface area contributed by atoms with Crippen molar-refractivity contribution >= 4 is 13.2 Å². The summed E-state index contributed by atoms with van der Waals surface area (Å²) in [5.41, 5.74) is 5.10. The van der Waals surface area contributed by atoms with Crippen LogP contribution in [0.3, 0.4) is 0 Å². The predicted molar refractivity (Wildman–Crippen MR) is 99.1 cm³/mol. The van der Waals surface area contributed by atoms with Crippen molar-refractivity contribution in [3.8, 4) is 0 Å². The lowest BCUT2D eigenvalue weighted by molar-refractivity contribution is -0.118. The maximum Gasteiger partial charge on any atom is 0.634 e. The standard InChI is InChI=1S/C18H36BNO4/c1-2-3-4-11-14-17(24-19(22)23)15-12-9-7-5-6-8-10-13-16-18(20)21/h9,12,17,22-23H,2-8,10-11,13-16H2,1H3,(H2,20,21)/b12-9-/t17-/m1/s1. The van der Waals surface area contributed by atoms with E-state index in [1.807, 2.05) is 0 Å². The summed E-state index contributed by atoms with van der Waals surface area (Å²) < 4.78 is 5.14. The molecule has 6 heteroatoms. The molecule has 0 aromatic carbocycles. The lowest BCUT2D eigenvalue weighted by Gasteiger charge is -2.15. The zero-order chi connectivity index (χ0) is 18.0. The highest BCUT2D eigenvalue weighted by atomic mass is 16.6. The number of allylic oxidation sites excluding steroid dienone is 1. The van der Waals surface area contributed by atoms with Crippen LogP contribution in [0.15, 0.2) is 12.2 Å². The number of hydrogen-bond donors (Lipinski definition) is 3. The van der Waals surface area contributed by atoms with Crippen LogP contribution >= 0.6 is 0 Å². The van der Waals surface area contributed by atoms with Crippen LogP contribution in [-0.4, -0.2) is 29.4 Å². The van der Waals surface area contributed by atoms with Gasteiger partial charge in [0.1, 0.15) is 0 Å². The first-order valence-corrected chi connectivity index (χ1v) is 9.51. The summed E-state index contributed by atoms with van der Waals surface area (Å²) in [6.45, 7) is 2.17. The van der Waals surface area contributed by atoms with E-state index in [-0.39, 0.29) is 12.0 Å². The van der Waals surface area contributed by atoms with Crippen LogP contribution in [0.1, 0.15) is 90.4 Å². The summed E-state index contributed by atoms with van der Waals surface area (Å²) in [5, 5.41) is 18.0. The summed E-state index contributed by atoms with van der Waals surface area (Å²) >= 11 is 0. The lowest BCUT2D eigenvalue weighted by Crippen LogP contribution is -2.25. The molecule has 1 amide bonds. The second-order valence-corrected chi connectivity index (χ2v) is 6.41. The number of primary amides is 1. The first-order chi connectivity index (χ1) is 11.6. The minimum absolute atomic E-state index is 0.119. The quantitative estimate of drug-likeness (QED) is 0.214. The molecular weight excluding hydrogens is 305 g/mol. The van der Waals surface area contributed by atoms with Gasteiger partial charge in [-0.15, -0.1) is 0 Å². The van der Waals surface area contributed by atoms with Gasteiger partial charge in [-0.05, 0) is 32.1 Å². The first kappa shape index (κ1) is 23.2. The van der Waals surface area contributed by atoms with E-state index in [1.54, 1.807) is 0 Å². The largest absolute Gasteiger partial charge is 0.634 e. The second kappa shape index (κ2) is 17.0. The van der Waals surface area contributed by atoms with Crippen molar-refractivity contribution in [1.29, 1.82) is 0 Å². The molecule has 0 aliphatic carbocycles. The number of hydrogen-bond acceptors (Lipinski definition) is 4. The van der Waals surface area contributed by atoms with Gasteiger partial charge >= 0.3 is 7.32 Å². The molecular formula is C18H36BNO4. The summed E-state index contributed by atoms with van der Waals surface area (Å²) in [4.78, 5) is 10.6. The Morgan fingerprint density at radius 1 is 1.04 bits per heavy atom. The Bertz CT molecular complexity index is 324. The normalized spacial score (nSPS) is 12.6. The summed E-state index contributed by atoms with van der Waals surface area (Å²) in [5.74, 6) is -0.211. The molecule has 0 heterocycles. The molecule has 0 saturated carbocycles. The van der Waals surface area contributed by atoms with E-state index in [2.05, 4.69) is 19.1 Å². The van der Waals surface area contributed by atoms with Crippen LogP contribution in [-0.2, 0) is 9.45 Å². The Morgan fingerprint density at radius 3 is 2.38 bits per heavy atom. The summed E-state index contributed by atoms with van der Waals surface area (Å²) in [7, 11) is -1.69. The highest BCUT2D eigenvalue weighted by Crippen LogP contribution is 2.13. The Labute approximate surface area is 147 Å². The molecule has 24 heavy (non-hydrogen) atoms. The first-order valence-electron chi connectivity index (χ1n) is 9.51. The van der Waals surface area contributed by atoms with E-state index in [4.69, 9.17) is 20.4 Å². The van der Waals surface area contributed by atoms with Gasteiger partial charge in [-0.25, -0.2) is 0 Å². The molecule has 0 aliphatic heterocycles. The van der Waals surface area contributed by atoms with Gasteiger partial charge in [0.05, 0.1) is 0 Å². The van der Waals surface area contributed by atoms with Crippen molar-refractivity contribution in [3.05, 3.63) is 12.2 Å². The molecule has 1 atom stereocenters. The van der Waals surface area contributed by atoms with Gasteiger partial charge < -0.3 is 20.4 Å². The molecule has 140 valence electrons. The fraction of sp³-hybridized carbons (Fsp3) is 0.833. The number of unbranched alkanes of at least 4 members (excludes halogenated alkanes) is 8. The fourth-order valence-electron chi connectivity index (χ4n) is 2.67. The molecule has 5 nitrogen and oxygen atoms in total. The molecule has 0 aromatic rings. The van der Waals surface area contributed by atoms with E-state index in [0.29, 0.717) is 6.42 Å². The maximum atomic E-state index is 10.6. The van der Waals surface area contributed by atoms with Crippen LogP contribution in [0.2, 0.25) is 0 Å². The molecule has 0 aromatic heterocycles. The van der Waals surface area contributed by atoms with Gasteiger partial charge in [0.2, 0.25) is 5.91 Å². The maximum absolute atomic E-state index is 10.6.